The maximum atomic E-state index is 13.9. The Morgan fingerprint density at radius 2 is 1.75 bits per heavy atom. The van der Waals surface area contributed by atoms with E-state index in [-0.39, 0.29) is 28.4 Å². The van der Waals surface area contributed by atoms with Gasteiger partial charge >= 0.3 is 12.4 Å². The summed E-state index contributed by atoms with van der Waals surface area (Å²) in [6.45, 7) is 4.89. The van der Waals surface area contributed by atoms with Crippen molar-refractivity contribution in [2.45, 2.75) is 51.2 Å². The lowest BCUT2D eigenvalue weighted by molar-refractivity contribution is -0.276. The number of oxime groups is 1. The third kappa shape index (κ3) is 5.44. The number of nitrogens with one attached hydrogen (secondary N) is 2. The molecule has 1 atom stereocenters. The number of amides is 2. The quantitative estimate of drug-likeness (QED) is 0.312. The highest BCUT2D eigenvalue weighted by molar-refractivity contribution is 14.1. The van der Waals surface area contributed by atoms with E-state index in [1.807, 2.05) is 22.6 Å². The Morgan fingerprint density at radius 1 is 1.08 bits per heavy atom. The van der Waals surface area contributed by atoms with Gasteiger partial charge in [0.1, 0.15) is 0 Å². The molecular formula is C23H20F6IN3O3. The molecule has 2 aromatic carbocycles. The van der Waals surface area contributed by atoms with Crippen LogP contribution in [0.2, 0.25) is 0 Å². The summed E-state index contributed by atoms with van der Waals surface area (Å²) in [7, 11) is 0. The Bertz CT molecular complexity index is 1230. The fraction of sp³-hybridized carbons (Fsp3) is 0.348. The predicted molar refractivity (Wildman–Crippen MR) is 128 cm³/mol. The second-order valence-corrected chi connectivity index (χ2v) is 9.57. The maximum absolute atomic E-state index is 13.9. The van der Waals surface area contributed by atoms with Gasteiger partial charge in [0.2, 0.25) is 0 Å². The molecule has 1 heterocycles. The minimum atomic E-state index is -5.21. The molecule has 0 bridgehead atoms. The zero-order valence-corrected chi connectivity index (χ0v) is 21.2. The number of carbonyl (C=O) groups is 2. The molecule has 2 aromatic rings. The van der Waals surface area contributed by atoms with Crippen LogP contribution in [0.15, 0.2) is 41.6 Å². The van der Waals surface area contributed by atoms with Crippen molar-refractivity contribution < 1.29 is 40.8 Å². The summed E-state index contributed by atoms with van der Waals surface area (Å²) >= 11 is 1.91. The van der Waals surface area contributed by atoms with Crippen LogP contribution in [0.4, 0.5) is 32.0 Å². The topological polar surface area (TPSA) is 79.8 Å². The molecular weight excluding hydrogens is 607 g/mol. The van der Waals surface area contributed by atoms with Gasteiger partial charge in [-0.05, 0) is 73.2 Å². The minimum Gasteiger partial charge on any atom is -0.374 e. The maximum Gasteiger partial charge on any atom is 0.435 e. The van der Waals surface area contributed by atoms with Crippen LogP contribution in [0.5, 0.6) is 0 Å². The third-order valence-electron chi connectivity index (χ3n) is 5.36. The number of nitrogens with zero attached hydrogens (tertiary/aromatic N) is 1. The highest BCUT2D eigenvalue weighted by Gasteiger charge is 2.65. The van der Waals surface area contributed by atoms with E-state index in [4.69, 9.17) is 0 Å². The highest BCUT2D eigenvalue weighted by Crippen LogP contribution is 2.50. The zero-order valence-electron chi connectivity index (χ0n) is 19.1. The Hall–Kier alpha value is -2.84. The largest absolute Gasteiger partial charge is 0.435 e. The summed E-state index contributed by atoms with van der Waals surface area (Å²) in [5.74, 6) is -1.16. The molecule has 1 aliphatic heterocycles. The number of anilines is 1. The summed E-state index contributed by atoms with van der Waals surface area (Å²) in [4.78, 5) is 30.0. The van der Waals surface area contributed by atoms with Gasteiger partial charge in [-0.25, -0.2) is 0 Å². The van der Waals surface area contributed by atoms with Crippen molar-refractivity contribution in [3.63, 3.8) is 0 Å². The monoisotopic (exact) mass is 627 g/mol. The molecule has 3 rings (SSSR count). The predicted octanol–water partition coefficient (Wildman–Crippen LogP) is 6.09. The number of hydrogen-bond acceptors (Lipinski definition) is 4. The molecule has 0 saturated carbocycles. The number of hydrogen-bond donors (Lipinski definition) is 2. The van der Waals surface area contributed by atoms with Crippen LogP contribution in [0.25, 0.3) is 0 Å². The summed E-state index contributed by atoms with van der Waals surface area (Å²) < 4.78 is 81.2. The van der Waals surface area contributed by atoms with Gasteiger partial charge in [0.05, 0.1) is 17.5 Å². The van der Waals surface area contributed by atoms with Crippen LogP contribution in [-0.2, 0) is 10.4 Å². The van der Waals surface area contributed by atoms with Gasteiger partial charge in [0.25, 0.3) is 17.4 Å². The fourth-order valence-corrected chi connectivity index (χ4v) is 4.32. The number of carbonyl (C=O) groups excluding carboxylic acids is 2. The molecule has 1 unspecified atom stereocenters. The molecule has 0 radical (unpaired) electrons. The van der Waals surface area contributed by atoms with Crippen LogP contribution in [0, 0.1) is 10.5 Å². The third-order valence-corrected chi connectivity index (χ3v) is 6.26. The van der Waals surface area contributed by atoms with Gasteiger partial charge in [-0.15, -0.1) is 0 Å². The summed E-state index contributed by atoms with van der Waals surface area (Å²) in [5.41, 5.74) is -5.19. The molecule has 0 spiro atoms. The van der Waals surface area contributed by atoms with Crippen LogP contribution in [-0.4, -0.2) is 35.9 Å². The molecule has 0 fully saturated rings. The first-order chi connectivity index (χ1) is 16.6. The lowest BCUT2D eigenvalue weighted by Crippen LogP contribution is -2.43. The van der Waals surface area contributed by atoms with Gasteiger partial charge in [0.15, 0.2) is 5.71 Å². The van der Waals surface area contributed by atoms with Crippen molar-refractivity contribution in [2.75, 3.05) is 5.32 Å². The van der Waals surface area contributed by atoms with E-state index in [0.717, 1.165) is 18.2 Å². The smallest absolute Gasteiger partial charge is 0.374 e. The van der Waals surface area contributed by atoms with Crippen LogP contribution < -0.4 is 10.6 Å². The van der Waals surface area contributed by atoms with Crippen molar-refractivity contribution in [1.82, 2.24) is 5.32 Å². The summed E-state index contributed by atoms with van der Waals surface area (Å²) in [5, 5.41) is 7.92. The van der Waals surface area contributed by atoms with Crippen LogP contribution in [0.3, 0.4) is 0 Å². The Balaban J connectivity index is 1.93. The van der Waals surface area contributed by atoms with E-state index in [0.29, 0.717) is 3.57 Å². The zero-order chi connectivity index (χ0) is 27.1. The molecule has 0 saturated heterocycles. The SMILES string of the molecule is Cc1cc(C2(C(F)(F)F)CC(C(F)(F)F)=NO2)ccc1NC(=O)c1cccc(I)c1C(=O)NC(C)C. The van der Waals surface area contributed by atoms with Gasteiger partial charge in [-0.3, -0.25) is 9.59 Å². The van der Waals surface area contributed by atoms with Gasteiger partial charge < -0.3 is 15.5 Å². The number of rotatable bonds is 5. The number of alkyl halides is 6. The highest BCUT2D eigenvalue weighted by atomic mass is 127. The van der Waals surface area contributed by atoms with Gasteiger partial charge in [-0.1, -0.05) is 17.3 Å². The van der Waals surface area contributed by atoms with Crippen LogP contribution in [0.1, 0.15) is 52.1 Å². The van der Waals surface area contributed by atoms with Crippen LogP contribution >= 0.6 is 22.6 Å². The average molecular weight is 627 g/mol. The lowest BCUT2D eigenvalue weighted by Gasteiger charge is -2.30. The summed E-state index contributed by atoms with van der Waals surface area (Å²) in [6.07, 6.45) is -11.8. The van der Waals surface area contributed by atoms with Crippen molar-refractivity contribution in [1.29, 1.82) is 0 Å². The molecule has 1 aliphatic rings. The van der Waals surface area contributed by atoms with Gasteiger partial charge in [-0.2, -0.15) is 26.3 Å². The van der Waals surface area contributed by atoms with E-state index in [1.165, 1.54) is 13.0 Å². The molecule has 36 heavy (non-hydrogen) atoms. The molecule has 6 nitrogen and oxygen atoms in total. The second kappa shape index (κ2) is 9.90. The Kier molecular flexibility index (Phi) is 7.63. The molecule has 2 amide bonds. The fourth-order valence-electron chi connectivity index (χ4n) is 3.58. The molecule has 0 aromatic heterocycles. The molecule has 2 N–H and O–H groups in total. The van der Waals surface area contributed by atoms with Crippen molar-refractivity contribution in [3.8, 4) is 0 Å². The standard InChI is InChI=1S/C23H20F6IN3O3/c1-11(2)31-20(35)18-14(5-4-6-15(18)30)19(34)32-16-8-7-13(9-12(16)3)21(23(27,28)29)10-17(33-36-21)22(24,25)26/h4-9,11H,10H2,1-3H3,(H,31,35)(H,32,34). The normalized spacial score (nSPS) is 18.0. The molecule has 0 aliphatic carbocycles. The molecule has 194 valence electrons. The average Bonchev–Trinajstić information content (AvgIpc) is 3.22. The van der Waals surface area contributed by atoms with E-state index in [9.17, 15) is 35.9 Å². The number of benzene rings is 2. The molecule has 13 heteroatoms. The Labute approximate surface area is 215 Å². The van der Waals surface area contributed by atoms with E-state index < -0.39 is 47.5 Å². The lowest BCUT2D eigenvalue weighted by atomic mass is 9.87. The number of halogens is 7. The number of aryl methyl sites for hydroxylation is 1. The first-order valence-corrected chi connectivity index (χ1v) is 11.6. The van der Waals surface area contributed by atoms with E-state index in [1.54, 1.807) is 26.0 Å². The minimum absolute atomic E-state index is 0.0395. The van der Waals surface area contributed by atoms with Crippen molar-refractivity contribution in [3.05, 3.63) is 62.2 Å². The first kappa shape index (κ1) is 27.7. The summed E-state index contributed by atoms with van der Waals surface area (Å²) in [6, 6.07) is 7.48. The first-order valence-electron chi connectivity index (χ1n) is 10.5. The second-order valence-electron chi connectivity index (χ2n) is 8.40. The van der Waals surface area contributed by atoms with Crippen molar-refractivity contribution >= 4 is 45.8 Å². The van der Waals surface area contributed by atoms with Crippen molar-refractivity contribution in [2.24, 2.45) is 5.16 Å². The Morgan fingerprint density at radius 3 is 2.28 bits per heavy atom. The van der Waals surface area contributed by atoms with E-state index in [2.05, 4.69) is 20.6 Å². The van der Waals surface area contributed by atoms with Gasteiger partial charge in [0, 0.05) is 20.9 Å². The van der Waals surface area contributed by atoms with E-state index >= 15 is 0 Å².